The van der Waals surface area contributed by atoms with E-state index in [-0.39, 0.29) is 54.4 Å². The van der Waals surface area contributed by atoms with Crippen molar-refractivity contribution in [2.45, 2.75) is 39.0 Å². The van der Waals surface area contributed by atoms with Crippen LogP contribution in [0.2, 0.25) is 0 Å². The van der Waals surface area contributed by atoms with E-state index in [2.05, 4.69) is 4.98 Å². The van der Waals surface area contributed by atoms with Crippen molar-refractivity contribution in [2.75, 3.05) is 6.61 Å². The quantitative estimate of drug-likeness (QED) is 0.378. The average molecular weight is 502 g/mol. The predicted molar refractivity (Wildman–Crippen MR) is 128 cm³/mol. The summed E-state index contributed by atoms with van der Waals surface area (Å²) in [6.45, 7) is 1.09. The number of hydrogen-bond donors (Lipinski definition) is 1. The molecular weight excluding hydrogens is 477 g/mol. The first-order chi connectivity index (χ1) is 17.2. The summed E-state index contributed by atoms with van der Waals surface area (Å²) in [5, 5.41) is 9.21. The number of rotatable bonds is 9. The van der Waals surface area contributed by atoms with Gasteiger partial charge in [-0.1, -0.05) is 31.2 Å². The standard InChI is InChI=1S/C25H25F3N4O4/c1-3-25(27,28)36-19-8-5-4-7-18(19)21-29-22-20(32(21)15-16-9-11-17(26)12-10-16)23(34)31(13-6-14-33)24(35)30(22)2/h4-5,7-12,33H,3,6,13-15H2,1-2H3. The number of aliphatic hydroxyl groups is 1. The molecule has 4 aromatic rings. The van der Waals surface area contributed by atoms with Gasteiger partial charge in [-0.15, -0.1) is 0 Å². The van der Waals surface area contributed by atoms with Crippen LogP contribution in [0.3, 0.4) is 0 Å². The van der Waals surface area contributed by atoms with Gasteiger partial charge in [-0.05, 0) is 36.2 Å². The lowest BCUT2D eigenvalue weighted by molar-refractivity contribution is -0.177. The van der Waals surface area contributed by atoms with E-state index in [0.717, 1.165) is 4.57 Å². The highest BCUT2D eigenvalue weighted by Crippen LogP contribution is 2.35. The van der Waals surface area contributed by atoms with E-state index in [0.29, 0.717) is 5.56 Å². The molecule has 1 N–H and O–H groups in total. The highest BCUT2D eigenvalue weighted by molar-refractivity contribution is 5.79. The molecular formula is C25H25F3N4O4. The summed E-state index contributed by atoms with van der Waals surface area (Å²) >= 11 is 0. The molecule has 0 bridgehead atoms. The van der Waals surface area contributed by atoms with E-state index < -0.39 is 29.6 Å². The fourth-order valence-electron chi connectivity index (χ4n) is 3.90. The lowest BCUT2D eigenvalue weighted by atomic mass is 10.1. The monoisotopic (exact) mass is 502 g/mol. The van der Waals surface area contributed by atoms with Crippen molar-refractivity contribution in [3.63, 3.8) is 0 Å². The van der Waals surface area contributed by atoms with Gasteiger partial charge < -0.3 is 14.4 Å². The Morgan fingerprint density at radius 1 is 1.06 bits per heavy atom. The maximum atomic E-state index is 14.2. The van der Waals surface area contributed by atoms with E-state index in [1.807, 2.05) is 0 Å². The second-order valence-electron chi connectivity index (χ2n) is 8.28. The smallest absolute Gasteiger partial charge is 0.397 e. The summed E-state index contributed by atoms with van der Waals surface area (Å²) in [6, 6.07) is 11.7. The number of aliphatic hydroxyl groups excluding tert-OH is 1. The van der Waals surface area contributed by atoms with Crippen molar-refractivity contribution in [3.8, 4) is 17.1 Å². The Balaban J connectivity index is 2.02. The highest BCUT2D eigenvalue weighted by atomic mass is 19.3. The molecule has 0 fully saturated rings. The van der Waals surface area contributed by atoms with Gasteiger partial charge in [0.2, 0.25) is 0 Å². The van der Waals surface area contributed by atoms with Crippen molar-refractivity contribution >= 4 is 11.2 Å². The Hall–Kier alpha value is -3.86. The van der Waals surface area contributed by atoms with E-state index >= 15 is 0 Å². The number of aromatic nitrogens is 4. The zero-order valence-corrected chi connectivity index (χ0v) is 19.7. The first-order valence-electron chi connectivity index (χ1n) is 11.4. The molecule has 0 saturated heterocycles. The molecule has 36 heavy (non-hydrogen) atoms. The molecule has 0 atom stereocenters. The third-order valence-corrected chi connectivity index (χ3v) is 5.83. The van der Waals surface area contributed by atoms with Crippen LogP contribution in [0.5, 0.6) is 5.75 Å². The van der Waals surface area contributed by atoms with Crippen LogP contribution in [0.1, 0.15) is 25.3 Å². The zero-order chi connectivity index (χ0) is 26.0. The maximum Gasteiger partial charge on any atom is 0.397 e. The van der Waals surface area contributed by atoms with Crippen LogP contribution in [0, 0.1) is 5.82 Å². The van der Waals surface area contributed by atoms with Gasteiger partial charge in [-0.2, -0.15) is 8.78 Å². The normalized spacial score (nSPS) is 11.8. The molecule has 8 nitrogen and oxygen atoms in total. The number of para-hydroxylation sites is 1. The van der Waals surface area contributed by atoms with Crippen LogP contribution < -0.4 is 16.0 Å². The first kappa shape index (κ1) is 25.2. The summed E-state index contributed by atoms with van der Waals surface area (Å²) in [4.78, 5) is 30.9. The largest absolute Gasteiger partial charge is 0.432 e. The molecule has 0 aliphatic rings. The van der Waals surface area contributed by atoms with Gasteiger partial charge in [-0.3, -0.25) is 13.9 Å². The SMILES string of the molecule is CCC(F)(F)Oc1ccccc1-c1nc2c(c(=O)n(CCCO)c(=O)n2C)n1Cc1ccc(F)cc1. The number of halogens is 3. The Kier molecular flexibility index (Phi) is 7.02. The molecule has 2 aromatic carbocycles. The molecule has 190 valence electrons. The van der Waals surface area contributed by atoms with Gasteiger partial charge in [0, 0.05) is 33.2 Å². The predicted octanol–water partition coefficient (Wildman–Crippen LogP) is 3.52. The number of nitrogens with zero attached hydrogens (tertiary/aromatic N) is 4. The van der Waals surface area contributed by atoms with E-state index in [1.54, 1.807) is 6.07 Å². The van der Waals surface area contributed by atoms with Crippen LogP contribution in [0.4, 0.5) is 13.2 Å². The Morgan fingerprint density at radius 2 is 1.75 bits per heavy atom. The van der Waals surface area contributed by atoms with Crippen LogP contribution >= 0.6 is 0 Å². The summed E-state index contributed by atoms with van der Waals surface area (Å²) in [7, 11) is 1.45. The lowest BCUT2D eigenvalue weighted by Crippen LogP contribution is -2.39. The van der Waals surface area contributed by atoms with Crippen molar-refractivity contribution in [3.05, 3.63) is 80.7 Å². The van der Waals surface area contributed by atoms with Crippen molar-refractivity contribution in [2.24, 2.45) is 7.05 Å². The second kappa shape index (κ2) is 10.0. The minimum atomic E-state index is -3.44. The maximum absolute atomic E-state index is 14.2. The van der Waals surface area contributed by atoms with Gasteiger partial charge in [0.1, 0.15) is 17.4 Å². The lowest BCUT2D eigenvalue weighted by Gasteiger charge is -2.19. The van der Waals surface area contributed by atoms with Crippen LogP contribution in [-0.2, 0) is 20.1 Å². The summed E-state index contributed by atoms with van der Waals surface area (Å²) < 4.78 is 50.6. The average Bonchev–Trinajstić information content (AvgIpc) is 3.23. The minimum Gasteiger partial charge on any atom is -0.432 e. The van der Waals surface area contributed by atoms with Gasteiger partial charge in [0.25, 0.3) is 5.56 Å². The molecule has 0 spiro atoms. The number of imidazole rings is 1. The molecule has 0 saturated carbocycles. The molecule has 0 aliphatic heterocycles. The fourth-order valence-corrected chi connectivity index (χ4v) is 3.90. The Bertz CT molecular complexity index is 1510. The van der Waals surface area contributed by atoms with Gasteiger partial charge >= 0.3 is 11.8 Å². The van der Waals surface area contributed by atoms with E-state index in [9.17, 15) is 27.9 Å². The summed E-state index contributed by atoms with van der Waals surface area (Å²) in [5.74, 6) is -0.460. The fraction of sp³-hybridized carbons (Fsp3) is 0.320. The molecule has 2 aromatic heterocycles. The minimum absolute atomic E-state index is 0.0164. The van der Waals surface area contributed by atoms with Gasteiger partial charge in [0.05, 0.1) is 5.56 Å². The van der Waals surface area contributed by atoms with Gasteiger partial charge in [-0.25, -0.2) is 14.2 Å². The first-order valence-corrected chi connectivity index (χ1v) is 11.4. The number of hydrogen-bond acceptors (Lipinski definition) is 5. The topological polar surface area (TPSA) is 91.3 Å². The second-order valence-corrected chi connectivity index (χ2v) is 8.28. The molecule has 11 heteroatoms. The van der Waals surface area contributed by atoms with Crippen LogP contribution in [-0.4, -0.2) is 36.5 Å². The van der Waals surface area contributed by atoms with Crippen molar-refractivity contribution < 1.29 is 23.0 Å². The molecule has 2 heterocycles. The Morgan fingerprint density at radius 3 is 2.42 bits per heavy atom. The number of ether oxygens (including phenoxy) is 1. The van der Waals surface area contributed by atoms with E-state index in [1.165, 1.54) is 65.6 Å². The number of fused-ring (bicyclic) bond motifs is 1. The van der Waals surface area contributed by atoms with E-state index in [4.69, 9.17) is 4.74 Å². The zero-order valence-electron chi connectivity index (χ0n) is 19.7. The highest BCUT2D eigenvalue weighted by Gasteiger charge is 2.31. The number of alkyl halides is 2. The third kappa shape index (κ3) is 4.78. The molecule has 0 radical (unpaired) electrons. The summed E-state index contributed by atoms with van der Waals surface area (Å²) in [5.41, 5.74) is -0.339. The van der Waals surface area contributed by atoms with Crippen molar-refractivity contribution in [1.29, 1.82) is 0 Å². The molecule has 0 unspecified atom stereocenters. The van der Waals surface area contributed by atoms with Crippen LogP contribution in [0.15, 0.2) is 58.1 Å². The van der Waals surface area contributed by atoms with Crippen molar-refractivity contribution in [1.82, 2.24) is 18.7 Å². The molecule has 0 aliphatic carbocycles. The molecule has 4 rings (SSSR count). The number of benzene rings is 2. The summed E-state index contributed by atoms with van der Waals surface area (Å²) in [6.07, 6.45) is -3.81. The van der Waals surface area contributed by atoms with Crippen LogP contribution in [0.25, 0.3) is 22.6 Å². The third-order valence-electron chi connectivity index (χ3n) is 5.83. The number of aryl methyl sites for hydroxylation is 1. The Labute approximate surface area is 203 Å². The van der Waals surface area contributed by atoms with Gasteiger partial charge in [0.15, 0.2) is 11.2 Å². The molecule has 0 amide bonds.